The zero-order valence-electron chi connectivity index (χ0n) is 10.3. The maximum atomic E-state index is 11.4. The third kappa shape index (κ3) is 7.32. The molecule has 0 saturated heterocycles. The summed E-state index contributed by atoms with van der Waals surface area (Å²) in [4.78, 5) is 33.1. The fourth-order valence-electron chi connectivity index (χ4n) is 1.30. The molecule has 1 unspecified atom stereocenters. The van der Waals surface area contributed by atoms with Crippen LogP contribution in [0.3, 0.4) is 0 Å². The Morgan fingerprint density at radius 2 is 1.71 bits per heavy atom. The molecule has 0 aromatic heterocycles. The van der Waals surface area contributed by atoms with Gasteiger partial charge in [-0.1, -0.05) is 6.92 Å². The molecule has 0 aliphatic rings. The predicted octanol–water partition coefficient (Wildman–Crippen LogP) is 0.272. The summed E-state index contributed by atoms with van der Waals surface area (Å²) in [6, 6.07) is -0.841. The van der Waals surface area contributed by atoms with Crippen LogP contribution in [0.1, 0.15) is 39.5 Å². The van der Waals surface area contributed by atoms with Gasteiger partial charge < -0.3 is 15.7 Å². The molecule has 0 radical (unpaired) electrons. The van der Waals surface area contributed by atoms with E-state index < -0.39 is 12.0 Å². The largest absolute Gasteiger partial charge is 0.480 e. The second-order valence-corrected chi connectivity index (χ2v) is 3.67. The van der Waals surface area contributed by atoms with Gasteiger partial charge in [0, 0.05) is 19.4 Å². The SMILES string of the molecule is CCNC(=O)CCCC(=O)NC(CC)C(=O)O. The number of amides is 2. The van der Waals surface area contributed by atoms with E-state index in [1.165, 1.54) is 0 Å². The summed E-state index contributed by atoms with van der Waals surface area (Å²) in [6.45, 7) is 4.08. The summed E-state index contributed by atoms with van der Waals surface area (Å²) in [6.07, 6.45) is 1.22. The standard InChI is InChI=1S/C11H20N2O4/c1-3-8(11(16)17)13-10(15)7-5-6-9(14)12-4-2/h8H,3-7H2,1-2H3,(H,12,14)(H,13,15)(H,16,17). The van der Waals surface area contributed by atoms with Crippen LogP contribution in [-0.4, -0.2) is 35.5 Å². The first kappa shape index (κ1) is 15.4. The van der Waals surface area contributed by atoms with Crippen molar-refractivity contribution in [3.63, 3.8) is 0 Å². The van der Waals surface area contributed by atoms with Gasteiger partial charge in [-0.3, -0.25) is 9.59 Å². The zero-order chi connectivity index (χ0) is 13.3. The molecule has 17 heavy (non-hydrogen) atoms. The van der Waals surface area contributed by atoms with E-state index in [1.54, 1.807) is 6.92 Å². The fraction of sp³-hybridized carbons (Fsp3) is 0.727. The minimum absolute atomic E-state index is 0.0921. The van der Waals surface area contributed by atoms with Crippen LogP contribution in [0.4, 0.5) is 0 Å². The Kier molecular flexibility index (Phi) is 7.75. The van der Waals surface area contributed by atoms with Crippen LogP contribution < -0.4 is 10.6 Å². The van der Waals surface area contributed by atoms with Crippen molar-refractivity contribution in [2.45, 2.75) is 45.6 Å². The van der Waals surface area contributed by atoms with Crippen LogP contribution in [0.15, 0.2) is 0 Å². The molecule has 0 heterocycles. The van der Waals surface area contributed by atoms with Crippen molar-refractivity contribution in [3.8, 4) is 0 Å². The smallest absolute Gasteiger partial charge is 0.326 e. The second kappa shape index (κ2) is 8.55. The van der Waals surface area contributed by atoms with Gasteiger partial charge in [0.1, 0.15) is 6.04 Å². The highest BCUT2D eigenvalue weighted by Gasteiger charge is 2.17. The molecular weight excluding hydrogens is 224 g/mol. The van der Waals surface area contributed by atoms with Gasteiger partial charge in [-0.05, 0) is 19.8 Å². The zero-order valence-corrected chi connectivity index (χ0v) is 10.3. The first-order valence-electron chi connectivity index (χ1n) is 5.80. The lowest BCUT2D eigenvalue weighted by atomic mass is 10.2. The summed E-state index contributed by atoms with van der Waals surface area (Å²) in [5.41, 5.74) is 0. The van der Waals surface area contributed by atoms with E-state index in [9.17, 15) is 14.4 Å². The Morgan fingerprint density at radius 1 is 1.12 bits per heavy atom. The van der Waals surface area contributed by atoms with Crippen molar-refractivity contribution in [2.75, 3.05) is 6.54 Å². The van der Waals surface area contributed by atoms with Gasteiger partial charge >= 0.3 is 5.97 Å². The van der Waals surface area contributed by atoms with E-state index in [0.29, 0.717) is 19.4 Å². The lowest BCUT2D eigenvalue weighted by Crippen LogP contribution is -2.40. The lowest BCUT2D eigenvalue weighted by Gasteiger charge is -2.11. The van der Waals surface area contributed by atoms with Crippen LogP contribution in [0.25, 0.3) is 0 Å². The average Bonchev–Trinajstić information content (AvgIpc) is 2.25. The molecule has 0 fully saturated rings. The third-order valence-corrected chi connectivity index (χ3v) is 2.22. The monoisotopic (exact) mass is 244 g/mol. The molecule has 0 bridgehead atoms. The topological polar surface area (TPSA) is 95.5 Å². The number of aliphatic carboxylic acids is 1. The molecule has 0 aromatic carbocycles. The molecular formula is C11H20N2O4. The number of hydrogen-bond acceptors (Lipinski definition) is 3. The minimum atomic E-state index is -1.04. The van der Waals surface area contributed by atoms with Crippen LogP contribution >= 0.6 is 0 Å². The number of carboxylic acid groups (broad SMARTS) is 1. The summed E-state index contributed by atoms with van der Waals surface area (Å²) < 4.78 is 0. The summed E-state index contributed by atoms with van der Waals surface area (Å²) >= 11 is 0. The lowest BCUT2D eigenvalue weighted by molar-refractivity contribution is -0.142. The Morgan fingerprint density at radius 3 is 2.18 bits per heavy atom. The third-order valence-electron chi connectivity index (χ3n) is 2.22. The average molecular weight is 244 g/mol. The van der Waals surface area contributed by atoms with E-state index in [1.807, 2.05) is 6.92 Å². The van der Waals surface area contributed by atoms with Crippen LogP contribution in [0.2, 0.25) is 0 Å². The predicted molar refractivity (Wildman–Crippen MR) is 62.4 cm³/mol. The number of carboxylic acids is 1. The van der Waals surface area contributed by atoms with Crippen LogP contribution in [-0.2, 0) is 14.4 Å². The van der Waals surface area contributed by atoms with E-state index in [-0.39, 0.29) is 24.7 Å². The molecule has 6 nitrogen and oxygen atoms in total. The quantitative estimate of drug-likeness (QED) is 0.571. The first-order valence-corrected chi connectivity index (χ1v) is 5.80. The highest BCUT2D eigenvalue weighted by Crippen LogP contribution is 1.98. The fourth-order valence-corrected chi connectivity index (χ4v) is 1.30. The molecule has 0 spiro atoms. The van der Waals surface area contributed by atoms with Gasteiger partial charge in [-0.25, -0.2) is 4.79 Å². The highest BCUT2D eigenvalue weighted by molar-refractivity contribution is 5.84. The van der Waals surface area contributed by atoms with Crippen molar-refractivity contribution in [1.29, 1.82) is 0 Å². The Labute approximate surface area is 101 Å². The second-order valence-electron chi connectivity index (χ2n) is 3.67. The Bertz CT molecular complexity index is 279. The van der Waals surface area contributed by atoms with Gasteiger partial charge in [-0.2, -0.15) is 0 Å². The normalized spacial score (nSPS) is 11.6. The number of carbonyl (C=O) groups excluding carboxylic acids is 2. The van der Waals surface area contributed by atoms with Crippen molar-refractivity contribution < 1.29 is 19.5 Å². The summed E-state index contributed by atoms with van der Waals surface area (Å²) in [5.74, 6) is -1.46. The van der Waals surface area contributed by atoms with Crippen LogP contribution in [0.5, 0.6) is 0 Å². The van der Waals surface area contributed by atoms with Crippen molar-refractivity contribution in [1.82, 2.24) is 10.6 Å². The van der Waals surface area contributed by atoms with Crippen LogP contribution in [0, 0.1) is 0 Å². The van der Waals surface area contributed by atoms with Gasteiger partial charge in [0.15, 0.2) is 0 Å². The molecule has 2 amide bonds. The van der Waals surface area contributed by atoms with Crippen molar-refractivity contribution in [3.05, 3.63) is 0 Å². The van der Waals surface area contributed by atoms with Gasteiger partial charge in [-0.15, -0.1) is 0 Å². The van der Waals surface area contributed by atoms with Crippen molar-refractivity contribution in [2.24, 2.45) is 0 Å². The van der Waals surface area contributed by atoms with E-state index in [2.05, 4.69) is 10.6 Å². The molecule has 3 N–H and O–H groups in total. The first-order chi connectivity index (χ1) is 8.01. The van der Waals surface area contributed by atoms with Gasteiger partial charge in [0.05, 0.1) is 0 Å². The molecule has 0 aliphatic carbocycles. The number of carbonyl (C=O) groups is 3. The highest BCUT2D eigenvalue weighted by atomic mass is 16.4. The minimum Gasteiger partial charge on any atom is -0.480 e. The molecule has 0 aromatic rings. The van der Waals surface area contributed by atoms with E-state index >= 15 is 0 Å². The number of rotatable bonds is 8. The van der Waals surface area contributed by atoms with E-state index in [4.69, 9.17) is 5.11 Å². The number of hydrogen-bond donors (Lipinski definition) is 3. The van der Waals surface area contributed by atoms with Crippen molar-refractivity contribution >= 4 is 17.8 Å². The maximum absolute atomic E-state index is 11.4. The summed E-state index contributed by atoms with van der Waals surface area (Å²) in [7, 11) is 0. The van der Waals surface area contributed by atoms with Gasteiger partial charge in [0.2, 0.25) is 11.8 Å². The van der Waals surface area contributed by atoms with Gasteiger partial charge in [0.25, 0.3) is 0 Å². The Hall–Kier alpha value is -1.59. The molecule has 0 rings (SSSR count). The Balaban J connectivity index is 3.79. The van der Waals surface area contributed by atoms with E-state index in [0.717, 1.165) is 0 Å². The molecule has 1 atom stereocenters. The molecule has 0 aliphatic heterocycles. The number of nitrogens with one attached hydrogen (secondary N) is 2. The summed E-state index contributed by atoms with van der Waals surface area (Å²) in [5, 5.41) is 13.8. The maximum Gasteiger partial charge on any atom is 0.326 e. The molecule has 0 saturated carbocycles. The molecule has 98 valence electrons. The molecule has 6 heteroatoms.